The third-order valence-electron chi connectivity index (χ3n) is 2.61. The van der Waals surface area contributed by atoms with Crippen molar-refractivity contribution in [3.63, 3.8) is 0 Å². The molecule has 0 aliphatic carbocycles. The van der Waals surface area contributed by atoms with Gasteiger partial charge in [0.1, 0.15) is 12.4 Å². The molecule has 0 saturated carbocycles. The van der Waals surface area contributed by atoms with Gasteiger partial charge in [0, 0.05) is 6.54 Å². The highest BCUT2D eigenvalue weighted by atomic mass is 35.5. The molecule has 0 aliphatic heterocycles. The van der Waals surface area contributed by atoms with Crippen molar-refractivity contribution in [1.29, 1.82) is 0 Å². The van der Waals surface area contributed by atoms with E-state index in [1.165, 1.54) is 0 Å². The molecular formula is C15H24ClNO3. The number of halogens is 1. The first-order chi connectivity index (χ1) is 9.13. The fraction of sp³-hybridized carbons (Fsp3) is 0.533. The molecule has 0 unspecified atom stereocenters. The van der Waals surface area contributed by atoms with Crippen LogP contribution in [0.3, 0.4) is 0 Å². The summed E-state index contributed by atoms with van der Waals surface area (Å²) >= 11 is 0. The van der Waals surface area contributed by atoms with Crippen LogP contribution in [0.2, 0.25) is 0 Å². The number of carbonyl (C=O) groups is 1. The Morgan fingerprint density at radius 3 is 2.65 bits per heavy atom. The highest BCUT2D eigenvalue weighted by molar-refractivity contribution is 5.89. The first-order valence-corrected chi connectivity index (χ1v) is 6.68. The molecule has 114 valence electrons. The molecule has 5 heteroatoms. The molecule has 1 aromatic carbocycles. The standard InChI is InChI=1S/C15H23NO3.ClH/c1-4-5-10-18-14-8-6-7-13(12-14)15(17)19-11-9-16(2)3;/h6-8,12H,4-5,9-11H2,1-3H3;1H. The lowest BCUT2D eigenvalue weighted by Crippen LogP contribution is -2.20. The first-order valence-electron chi connectivity index (χ1n) is 6.68. The summed E-state index contributed by atoms with van der Waals surface area (Å²) in [6, 6.07) is 7.13. The van der Waals surface area contributed by atoms with Crippen molar-refractivity contribution in [1.82, 2.24) is 4.90 Å². The molecule has 0 aromatic heterocycles. The fourth-order valence-corrected chi connectivity index (χ4v) is 1.45. The molecule has 0 fully saturated rings. The van der Waals surface area contributed by atoms with Gasteiger partial charge in [-0.25, -0.2) is 4.79 Å². The van der Waals surface area contributed by atoms with Crippen LogP contribution < -0.4 is 4.74 Å². The SMILES string of the molecule is CCCCOc1cccc(C(=O)OCCN(C)C)c1.Cl. The van der Waals surface area contributed by atoms with Crippen molar-refractivity contribution in [2.45, 2.75) is 19.8 Å². The lowest BCUT2D eigenvalue weighted by atomic mass is 10.2. The maximum Gasteiger partial charge on any atom is 0.338 e. The summed E-state index contributed by atoms with van der Waals surface area (Å²) in [5.41, 5.74) is 0.535. The zero-order valence-corrected chi connectivity index (χ0v) is 13.2. The average molecular weight is 302 g/mol. The van der Waals surface area contributed by atoms with Gasteiger partial charge in [-0.1, -0.05) is 19.4 Å². The summed E-state index contributed by atoms with van der Waals surface area (Å²) in [6.07, 6.45) is 2.10. The number of hydrogen-bond acceptors (Lipinski definition) is 4. The molecule has 0 saturated heterocycles. The minimum atomic E-state index is -0.303. The summed E-state index contributed by atoms with van der Waals surface area (Å²) in [5, 5.41) is 0. The molecule has 0 spiro atoms. The summed E-state index contributed by atoms with van der Waals surface area (Å²) in [7, 11) is 3.88. The van der Waals surface area contributed by atoms with Crippen molar-refractivity contribution < 1.29 is 14.3 Å². The smallest absolute Gasteiger partial charge is 0.338 e. The number of unbranched alkanes of at least 4 members (excludes halogenated alkanes) is 1. The quantitative estimate of drug-likeness (QED) is 0.546. The Labute approximate surface area is 127 Å². The molecule has 0 atom stereocenters. The van der Waals surface area contributed by atoms with Gasteiger partial charge < -0.3 is 14.4 Å². The van der Waals surface area contributed by atoms with Gasteiger partial charge in [0.15, 0.2) is 0 Å². The van der Waals surface area contributed by atoms with Gasteiger partial charge in [0.05, 0.1) is 12.2 Å². The normalized spacial score (nSPS) is 10.0. The summed E-state index contributed by atoms with van der Waals surface area (Å²) in [4.78, 5) is 13.8. The van der Waals surface area contributed by atoms with Gasteiger partial charge >= 0.3 is 5.97 Å². The maximum atomic E-state index is 11.8. The number of esters is 1. The molecule has 0 amide bonds. The largest absolute Gasteiger partial charge is 0.494 e. The predicted molar refractivity (Wildman–Crippen MR) is 82.9 cm³/mol. The molecular weight excluding hydrogens is 278 g/mol. The number of nitrogens with zero attached hydrogens (tertiary/aromatic N) is 1. The second kappa shape index (κ2) is 10.5. The number of ether oxygens (including phenoxy) is 2. The lowest BCUT2D eigenvalue weighted by molar-refractivity contribution is 0.0481. The second-order valence-corrected chi connectivity index (χ2v) is 4.67. The van der Waals surface area contributed by atoms with E-state index in [0.29, 0.717) is 18.8 Å². The zero-order chi connectivity index (χ0) is 14.1. The lowest BCUT2D eigenvalue weighted by Gasteiger charge is -2.10. The van der Waals surface area contributed by atoms with Gasteiger partial charge in [0.2, 0.25) is 0 Å². The van der Waals surface area contributed by atoms with E-state index in [-0.39, 0.29) is 18.4 Å². The van der Waals surface area contributed by atoms with E-state index in [1.54, 1.807) is 12.1 Å². The number of likely N-dealkylation sites (N-methyl/N-ethyl adjacent to an activating group) is 1. The molecule has 20 heavy (non-hydrogen) atoms. The Kier molecular flexibility index (Phi) is 9.86. The summed E-state index contributed by atoms with van der Waals surface area (Å²) < 4.78 is 10.7. The minimum Gasteiger partial charge on any atom is -0.494 e. The third kappa shape index (κ3) is 7.36. The number of benzene rings is 1. The van der Waals surface area contributed by atoms with Crippen LogP contribution in [0.15, 0.2) is 24.3 Å². The maximum absolute atomic E-state index is 11.8. The third-order valence-corrected chi connectivity index (χ3v) is 2.61. The van der Waals surface area contributed by atoms with Crippen LogP contribution in [-0.2, 0) is 4.74 Å². The van der Waals surface area contributed by atoms with Gasteiger partial charge in [-0.05, 0) is 38.7 Å². The zero-order valence-electron chi connectivity index (χ0n) is 12.4. The van der Waals surface area contributed by atoms with Gasteiger partial charge in [-0.15, -0.1) is 12.4 Å². The molecule has 0 radical (unpaired) electrons. The number of rotatable bonds is 8. The average Bonchev–Trinajstić information content (AvgIpc) is 2.39. The van der Waals surface area contributed by atoms with Crippen LogP contribution in [0.1, 0.15) is 30.1 Å². The molecule has 0 aliphatic rings. The van der Waals surface area contributed by atoms with E-state index in [0.717, 1.165) is 25.1 Å². The Morgan fingerprint density at radius 2 is 2.00 bits per heavy atom. The van der Waals surface area contributed by atoms with E-state index < -0.39 is 0 Å². The topological polar surface area (TPSA) is 38.8 Å². The molecule has 1 rings (SSSR count). The van der Waals surface area contributed by atoms with Crippen LogP contribution in [0.25, 0.3) is 0 Å². The monoisotopic (exact) mass is 301 g/mol. The molecule has 0 bridgehead atoms. The Balaban J connectivity index is 0.00000361. The van der Waals surface area contributed by atoms with Gasteiger partial charge in [0.25, 0.3) is 0 Å². The van der Waals surface area contributed by atoms with Crippen molar-refractivity contribution in [3.05, 3.63) is 29.8 Å². The molecule has 1 aromatic rings. The summed E-state index contributed by atoms with van der Waals surface area (Å²) in [6.45, 7) is 3.91. The second-order valence-electron chi connectivity index (χ2n) is 4.67. The van der Waals surface area contributed by atoms with Crippen molar-refractivity contribution in [2.24, 2.45) is 0 Å². The van der Waals surface area contributed by atoms with Crippen LogP contribution in [0, 0.1) is 0 Å². The number of hydrogen-bond donors (Lipinski definition) is 0. The first kappa shape index (κ1) is 18.7. The Hall–Kier alpha value is -1.26. The fourth-order valence-electron chi connectivity index (χ4n) is 1.45. The minimum absolute atomic E-state index is 0. The van der Waals surface area contributed by atoms with E-state index in [1.807, 2.05) is 31.1 Å². The van der Waals surface area contributed by atoms with Crippen LogP contribution >= 0.6 is 12.4 Å². The van der Waals surface area contributed by atoms with Crippen molar-refractivity contribution in [3.8, 4) is 5.75 Å². The van der Waals surface area contributed by atoms with E-state index in [4.69, 9.17) is 9.47 Å². The highest BCUT2D eigenvalue weighted by Crippen LogP contribution is 2.14. The van der Waals surface area contributed by atoms with Crippen molar-refractivity contribution >= 4 is 18.4 Å². The van der Waals surface area contributed by atoms with E-state index in [2.05, 4.69) is 6.92 Å². The molecule has 0 heterocycles. The number of carbonyl (C=O) groups excluding carboxylic acids is 1. The summed E-state index contributed by atoms with van der Waals surface area (Å²) in [5.74, 6) is 0.415. The van der Waals surface area contributed by atoms with E-state index >= 15 is 0 Å². The molecule has 4 nitrogen and oxygen atoms in total. The molecule has 0 N–H and O–H groups in total. The predicted octanol–water partition coefficient (Wildman–Crippen LogP) is 3.01. The van der Waals surface area contributed by atoms with Gasteiger partial charge in [-0.3, -0.25) is 0 Å². The Morgan fingerprint density at radius 1 is 1.25 bits per heavy atom. The van der Waals surface area contributed by atoms with Gasteiger partial charge in [-0.2, -0.15) is 0 Å². The van der Waals surface area contributed by atoms with Crippen molar-refractivity contribution in [2.75, 3.05) is 33.9 Å². The van der Waals surface area contributed by atoms with Crippen LogP contribution in [-0.4, -0.2) is 44.7 Å². The Bertz CT molecular complexity index is 396. The highest BCUT2D eigenvalue weighted by Gasteiger charge is 2.08. The van der Waals surface area contributed by atoms with Crippen LogP contribution in [0.5, 0.6) is 5.75 Å². The van der Waals surface area contributed by atoms with E-state index in [9.17, 15) is 4.79 Å². The van der Waals surface area contributed by atoms with Crippen LogP contribution in [0.4, 0.5) is 0 Å².